The number of benzene rings is 2. The van der Waals surface area contributed by atoms with E-state index in [-0.39, 0.29) is 12.5 Å². The van der Waals surface area contributed by atoms with Crippen LogP contribution < -0.4 is 14.2 Å². The second-order valence-electron chi connectivity index (χ2n) is 6.61. The SMILES string of the molecule is CCCOc1ccc(C(=O)N(C)Cc2nc(-c3ccc(OC)cc3OC)no2)cc1. The Morgan fingerprint density at radius 1 is 1.07 bits per heavy atom. The van der Waals surface area contributed by atoms with Gasteiger partial charge in [-0.2, -0.15) is 4.98 Å². The van der Waals surface area contributed by atoms with E-state index in [1.54, 1.807) is 63.7 Å². The third-order valence-corrected chi connectivity index (χ3v) is 4.41. The topological polar surface area (TPSA) is 86.9 Å². The van der Waals surface area contributed by atoms with E-state index in [0.717, 1.165) is 12.2 Å². The first-order valence-electron chi connectivity index (χ1n) is 9.59. The van der Waals surface area contributed by atoms with Gasteiger partial charge in [-0.15, -0.1) is 0 Å². The summed E-state index contributed by atoms with van der Waals surface area (Å²) in [6.45, 7) is 2.87. The molecular weight excluding hydrogens is 386 g/mol. The van der Waals surface area contributed by atoms with Crippen molar-refractivity contribution in [3.05, 3.63) is 53.9 Å². The first-order valence-corrected chi connectivity index (χ1v) is 9.59. The second kappa shape index (κ2) is 9.78. The van der Waals surface area contributed by atoms with Crippen LogP contribution in [0.2, 0.25) is 0 Å². The molecule has 1 amide bonds. The van der Waals surface area contributed by atoms with Crippen LogP contribution in [0.5, 0.6) is 17.2 Å². The van der Waals surface area contributed by atoms with Crippen LogP contribution in [0.4, 0.5) is 0 Å². The zero-order chi connectivity index (χ0) is 21.5. The van der Waals surface area contributed by atoms with Crippen LogP contribution in [0.15, 0.2) is 47.0 Å². The first-order chi connectivity index (χ1) is 14.5. The lowest BCUT2D eigenvalue weighted by Gasteiger charge is -2.15. The van der Waals surface area contributed by atoms with Crippen LogP contribution in [0, 0.1) is 0 Å². The molecule has 1 heterocycles. The van der Waals surface area contributed by atoms with Crippen molar-refractivity contribution in [2.45, 2.75) is 19.9 Å². The number of nitrogens with zero attached hydrogens (tertiary/aromatic N) is 3. The summed E-state index contributed by atoms with van der Waals surface area (Å²) in [5, 5.41) is 4.01. The monoisotopic (exact) mass is 411 g/mol. The van der Waals surface area contributed by atoms with Gasteiger partial charge < -0.3 is 23.6 Å². The third-order valence-electron chi connectivity index (χ3n) is 4.41. The first kappa shape index (κ1) is 21.2. The zero-order valence-electron chi connectivity index (χ0n) is 17.5. The predicted octanol–water partition coefficient (Wildman–Crippen LogP) is 3.81. The summed E-state index contributed by atoms with van der Waals surface area (Å²) in [6, 6.07) is 12.4. The molecule has 0 N–H and O–H groups in total. The highest BCUT2D eigenvalue weighted by Gasteiger charge is 2.18. The van der Waals surface area contributed by atoms with Crippen molar-refractivity contribution >= 4 is 5.91 Å². The number of hydrogen-bond donors (Lipinski definition) is 0. The van der Waals surface area contributed by atoms with Gasteiger partial charge in [0.15, 0.2) is 0 Å². The van der Waals surface area contributed by atoms with Crippen molar-refractivity contribution in [1.82, 2.24) is 15.0 Å². The van der Waals surface area contributed by atoms with Gasteiger partial charge in [-0.3, -0.25) is 4.79 Å². The molecule has 0 atom stereocenters. The fourth-order valence-electron chi connectivity index (χ4n) is 2.82. The fraction of sp³-hybridized carbons (Fsp3) is 0.318. The summed E-state index contributed by atoms with van der Waals surface area (Å²) in [7, 11) is 4.82. The van der Waals surface area contributed by atoms with Crippen molar-refractivity contribution < 1.29 is 23.5 Å². The molecule has 0 saturated carbocycles. The molecule has 0 unspecified atom stereocenters. The second-order valence-corrected chi connectivity index (χ2v) is 6.61. The van der Waals surface area contributed by atoms with E-state index >= 15 is 0 Å². The van der Waals surface area contributed by atoms with E-state index in [1.165, 1.54) is 4.90 Å². The maximum Gasteiger partial charge on any atom is 0.254 e. The van der Waals surface area contributed by atoms with Gasteiger partial charge in [0.05, 0.1) is 32.9 Å². The quantitative estimate of drug-likeness (QED) is 0.529. The Morgan fingerprint density at radius 2 is 1.80 bits per heavy atom. The predicted molar refractivity (Wildman–Crippen MR) is 111 cm³/mol. The van der Waals surface area contributed by atoms with Gasteiger partial charge in [0.2, 0.25) is 11.7 Å². The number of carbonyl (C=O) groups is 1. The van der Waals surface area contributed by atoms with Gasteiger partial charge in [-0.25, -0.2) is 0 Å². The average Bonchev–Trinajstić information content (AvgIpc) is 3.25. The Balaban J connectivity index is 1.69. The number of methoxy groups -OCH3 is 2. The molecule has 0 aliphatic carbocycles. The summed E-state index contributed by atoms with van der Waals surface area (Å²) >= 11 is 0. The minimum atomic E-state index is -0.154. The molecule has 0 radical (unpaired) electrons. The highest BCUT2D eigenvalue weighted by atomic mass is 16.5. The lowest BCUT2D eigenvalue weighted by Crippen LogP contribution is -2.26. The van der Waals surface area contributed by atoms with Crippen LogP contribution in [0.25, 0.3) is 11.4 Å². The highest BCUT2D eigenvalue weighted by Crippen LogP contribution is 2.31. The minimum Gasteiger partial charge on any atom is -0.497 e. The molecule has 0 saturated heterocycles. The van der Waals surface area contributed by atoms with Gasteiger partial charge in [0, 0.05) is 18.7 Å². The van der Waals surface area contributed by atoms with Gasteiger partial charge in [-0.05, 0) is 42.8 Å². The lowest BCUT2D eigenvalue weighted by atomic mass is 10.2. The average molecular weight is 411 g/mol. The summed E-state index contributed by atoms with van der Waals surface area (Å²) < 4.78 is 21.5. The summed E-state index contributed by atoms with van der Waals surface area (Å²) in [6.07, 6.45) is 0.929. The van der Waals surface area contributed by atoms with E-state index in [1.807, 2.05) is 6.92 Å². The molecular formula is C22H25N3O5. The molecule has 0 spiro atoms. The molecule has 8 nitrogen and oxygen atoms in total. The van der Waals surface area contributed by atoms with Crippen molar-refractivity contribution in [3.8, 4) is 28.6 Å². The normalized spacial score (nSPS) is 10.5. The van der Waals surface area contributed by atoms with Crippen LogP contribution in [-0.4, -0.2) is 48.8 Å². The third kappa shape index (κ3) is 4.89. The molecule has 3 rings (SSSR count). The Kier molecular flexibility index (Phi) is 6.90. The number of rotatable bonds is 9. The molecule has 158 valence electrons. The van der Waals surface area contributed by atoms with Crippen LogP contribution in [0.1, 0.15) is 29.6 Å². The highest BCUT2D eigenvalue weighted by molar-refractivity contribution is 5.94. The molecule has 1 aromatic heterocycles. The number of ether oxygens (including phenoxy) is 3. The van der Waals surface area contributed by atoms with Crippen LogP contribution >= 0.6 is 0 Å². The molecule has 2 aromatic carbocycles. The smallest absolute Gasteiger partial charge is 0.254 e. The number of hydrogen-bond acceptors (Lipinski definition) is 7. The molecule has 8 heteroatoms. The fourth-order valence-corrected chi connectivity index (χ4v) is 2.82. The maximum absolute atomic E-state index is 12.7. The number of aromatic nitrogens is 2. The Labute approximate surface area is 175 Å². The van der Waals surface area contributed by atoms with Crippen LogP contribution in [-0.2, 0) is 6.54 Å². The van der Waals surface area contributed by atoms with Gasteiger partial charge >= 0.3 is 0 Å². The van der Waals surface area contributed by atoms with Gasteiger partial charge in [0.1, 0.15) is 17.2 Å². The summed E-state index contributed by atoms with van der Waals surface area (Å²) in [5.41, 5.74) is 1.22. The molecule has 30 heavy (non-hydrogen) atoms. The number of amides is 1. The Bertz CT molecular complexity index is 985. The van der Waals surface area contributed by atoms with Crippen molar-refractivity contribution in [1.29, 1.82) is 0 Å². The Hall–Kier alpha value is -3.55. The van der Waals surface area contributed by atoms with E-state index in [9.17, 15) is 4.79 Å². The van der Waals surface area contributed by atoms with Crippen molar-refractivity contribution in [2.75, 3.05) is 27.9 Å². The summed E-state index contributed by atoms with van der Waals surface area (Å²) in [4.78, 5) is 18.6. The maximum atomic E-state index is 12.7. The largest absolute Gasteiger partial charge is 0.497 e. The number of carbonyl (C=O) groups excluding carboxylic acids is 1. The molecule has 0 fully saturated rings. The molecule has 0 aliphatic heterocycles. The standard InChI is InChI=1S/C22H25N3O5/c1-5-12-29-16-8-6-15(7-9-16)22(26)25(2)14-20-23-21(24-30-20)18-11-10-17(27-3)13-19(18)28-4/h6-11,13H,5,12,14H2,1-4H3. The van der Waals surface area contributed by atoms with Crippen molar-refractivity contribution in [3.63, 3.8) is 0 Å². The van der Waals surface area contributed by atoms with E-state index < -0.39 is 0 Å². The molecule has 0 bridgehead atoms. The Morgan fingerprint density at radius 3 is 2.47 bits per heavy atom. The lowest BCUT2D eigenvalue weighted by molar-refractivity contribution is 0.0769. The van der Waals surface area contributed by atoms with E-state index in [2.05, 4.69) is 10.1 Å². The zero-order valence-corrected chi connectivity index (χ0v) is 17.5. The van der Waals surface area contributed by atoms with E-state index in [4.69, 9.17) is 18.7 Å². The van der Waals surface area contributed by atoms with Gasteiger partial charge in [0.25, 0.3) is 5.91 Å². The minimum absolute atomic E-state index is 0.154. The van der Waals surface area contributed by atoms with Crippen molar-refractivity contribution in [2.24, 2.45) is 0 Å². The van der Waals surface area contributed by atoms with Gasteiger partial charge in [-0.1, -0.05) is 12.1 Å². The van der Waals surface area contributed by atoms with Crippen LogP contribution in [0.3, 0.4) is 0 Å². The molecule has 0 aliphatic rings. The van der Waals surface area contributed by atoms with E-state index in [0.29, 0.717) is 40.9 Å². The molecule has 3 aromatic rings. The summed E-state index contributed by atoms with van der Waals surface area (Å²) in [5.74, 6) is 2.52.